The molecule has 2 atom stereocenters. The van der Waals surface area contributed by atoms with Crippen LogP contribution in [0.4, 0.5) is 0 Å². The van der Waals surface area contributed by atoms with Gasteiger partial charge >= 0.3 is 0 Å². The fraction of sp³-hybridized carbons (Fsp3) is 0.708. The number of rotatable bonds is 11. The molecular formula is C24H41IN4O4. The Hall–Kier alpha value is -1.14. The molecule has 2 fully saturated rings. The molecular weight excluding hydrogens is 535 g/mol. The lowest BCUT2D eigenvalue weighted by molar-refractivity contribution is 0.0179. The number of nitrogens with one attached hydrogen (secondary N) is 1. The SMILES string of the molecule is CCNC(=NCC(c1ccc(OC)cc1)N1CCOCC1)N1CCC(COCCOC)C1.I. The van der Waals surface area contributed by atoms with E-state index in [1.54, 1.807) is 14.2 Å². The first-order valence-corrected chi connectivity index (χ1v) is 11.8. The number of benzene rings is 1. The number of aliphatic imine (C=N–C) groups is 1. The van der Waals surface area contributed by atoms with Crippen LogP contribution in [0.2, 0.25) is 0 Å². The summed E-state index contributed by atoms with van der Waals surface area (Å²) in [6.07, 6.45) is 1.13. The van der Waals surface area contributed by atoms with Gasteiger partial charge < -0.3 is 29.2 Å². The number of morpholine rings is 1. The van der Waals surface area contributed by atoms with E-state index in [-0.39, 0.29) is 30.0 Å². The minimum Gasteiger partial charge on any atom is -0.497 e. The first kappa shape index (κ1) is 28.1. The molecule has 33 heavy (non-hydrogen) atoms. The van der Waals surface area contributed by atoms with Gasteiger partial charge in [-0.25, -0.2) is 0 Å². The van der Waals surface area contributed by atoms with E-state index in [1.807, 2.05) is 12.1 Å². The predicted octanol–water partition coefficient (Wildman–Crippen LogP) is 2.64. The summed E-state index contributed by atoms with van der Waals surface area (Å²) >= 11 is 0. The van der Waals surface area contributed by atoms with E-state index in [4.69, 9.17) is 23.9 Å². The van der Waals surface area contributed by atoms with Crippen molar-refractivity contribution in [3.63, 3.8) is 0 Å². The maximum atomic E-state index is 5.76. The van der Waals surface area contributed by atoms with Crippen LogP contribution in [0.3, 0.4) is 0 Å². The van der Waals surface area contributed by atoms with Gasteiger partial charge in [0.1, 0.15) is 5.75 Å². The zero-order valence-corrected chi connectivity index (χ0v) is 22.7. The second-order valence-corrected chi connectivity index (χ2v) is 8.30. The third kappa shape index (κ3) is 8.86. The molecule has 0 aromatic heterocycles. The first-order chi connectivity index (χ1) is 15.7. The van der Waals surface area contributed by atoms with Crippen LogP contribution in [0.25, 0.3) is 0 Å². The van der Waals surface area contributed by atoms with Crippen LogP contribution in [0.5, 0.6) is 5.75 Å². The van der Waals surface area contributed by atoms with Crippen molar-refractivity contribution in [1.29, 1.82) is 0 Å². The molecule has 8 nitrogen and oxygen atoms in total. The molecule has 3 rings (SSSR count). The van der Waals surface area contributed by atoms with Crippen LogP contribution in [-0.2, 0) is 14.2 Å². The maximum absolute atomic E-state index is 5.76. The third-order valence-corrected chi connectivity index (χ3v) is 6.11. The molecule has 0 amide bonds. The second-order valence-electron chi connectivity index (χ2n) is 8.30. The molecule has 2 aliphatic rings. The summed E-state index contributed by atoms with van der Waals surface area (Å²) in [5.41, 5.74) is 1.26. The average Bonchev–Trinajstić information content (AvgIpc) is 3.31. The number of halogens is 1. The number of hydrogen-bond acceptors (Lipinski definition) is 6. The fourth-order valence-electron chi connectivity index (χ4n) is 4.30. The molecule has 0 aliphatic carbocycles. The molecule has 2 aliphatic heterocycles. The number of methoxy groups -OCH3 is 2. The van der Waals surface area contributed by atoms with Crippen LogP contribution in [-0.4, -0.2) is 102 Å². The molecule has 0 radical (unpaired) electrons. The van der Waals surface area contributed by atoms with Crippen LogP contribution >= 0.6 is 24.0 Å². The normalized spacial score (nSPS) is 20.4. The Bertz CT molecular complexity index is 686. The quantitative estimate of drug-likeness (QED) is 0.188. The summed E-state index contributed by atoms with van der Waals surface area (Å²) in [6.45, 7) is 11.1. The number of hydrogen-bond donors (Lipinski definition) is 1. The minimum absolute atomic E-state index is 0. The highest BCUT2D eigenvalue weighted by Gasteiger charge is 2.27. The van der Waals surface area contributed by atoms with Gasteiger partial charge in [-0.05, 0) is 31.0 Å². The molecule has 1 aromatic carbocycles. The Morgan fingerprint density at radius 2 is 1.91 bits per heavy atom. The van der Waals surface area contributed by atoms with Crippen molar-refractivity contribution in [3.05, 3.63) is 29.8 Å². The van der Waals surface area contributed by atoms with Gasteiger partial charge in [-0.3, -0.25) is 9.89 Å². The van der Waals surface area contributed by atoms with Crippen LogP contribution in [0, 0.1) is 5.92 Å². The van der Waals surface area contributed by atoms with Crippen molar-refractivity contribution in [1.82, 2.24) is 15.1 Å². The Morgan fingerprint density at radius 3 is 2.58 bits per heavy atom. The highest BCUT2D eigenvalue weighted by molar-refractivity contribution is 14.0. The van der Waals surface area contributed by atoms with Crippen molar-refractivity contribution in [3.8, 4) is 5.75 Å². The molecule has 2 unspecified atom stereocenters. The summed E-state index contributed by atoms with van der Waals surface area (Å²) in [6, 6.07) is 8.60. The standard InChI is InChI=1S/C24H40N4O4.HI/c1-4-25-24(28-10-9-20(18-28)19-32-16-15-29-2)26-17-23(27-11-13-31-14-12-27)21-5-7-22(30-3)8-6-21;/h5-8,20,23H,4,9-19H2,1-3H3,(H,25,26);1H. The number of ether oxygens (including phenoxy) is 4. The number of guanidine groups is 1. The maximum Gasteiger partial charge on any atom is 0.193 e. The van der Waals surface area contributed by atoms with E-state index >= 15 is 0 Å². The zero-order valence-electron chi connectivity index (χ0n) is 20.3. The van der Waals surface area contributed by atoms with Crippen LogP contribution in [0.15, 0.2) is 29.3 Å². The van der Waals surface area contributed by atoms with E-state index in [0.717, 1.165) is 70.7 Å². The first-order valence-electron chi connectivity index (χ1n) is 11.8. The van der Waals surface area contributed by atoms with E-state index in [0.29, 0.717) is 25.7 Å². The van der Waals surface area contributed by atoms with Crippen LogP contribution < -0.4 is 10.1 Å². The van der Waals surface area contributed by atoms with Gasteiger partial charge in [-0.15, -0.1) is 24.0 Å². The van der Waals surface area contributed by atoms with Crippen molar-refractivity contribution in [2.24, 2.45) is 10.9 Å². The topological polar surface area (TPSA) is 67.8 Å². The molecule has 0 bridgehead atoms. The summed E-state index contributed by atoms with van der Waals surface area (Å²) < 4.78 is 21.8. The summed E-state index contributed by atoms with van der Waals surface area (Å²) in [5.74, 6) is 2.41. The van der Waals surface area contributed by atoms with Crippen LogP contribution in [0.1, 0.15) is 24.9 Å². The van der Waals surface area contributed by atoms with E-state index < -0.39 is 0 Å². The molecule has 9 heteroatoms. The van der Waals surface area contributed by atoms with Gasteiger partial charge in [0.05, 0.1) is 52.7 Å². The zero-order chi connectivity index (χ0) is 22.6. The minimum atomic E-state index is 0. The van der Waals surface area contributed by atoms with Crippen molar-refractivity contribution in [2.75, 3.05) is 86.5 Å². The molecule has 0 spiro atoms. The highest BCUT2D eigenvalue weighted by atomic mass is 127. The van der Waals surface area contributed by atoms with Gasteiger partial charge in [-0.2, -0.15) is 0 Å². The molecule has 2 saturated heterocycles. The Morgan fingerprint density at radius 1 is 1.15 bits per heavy atom. The fourth-order valence-corrected chi connectivity index (χ4v) is 4.30. The van der Waals surface area contributed by atoms with Gasteiger partial charge in [0.25, 0.3) is 0 Å². The lowest BCUT2D eigenvalue weighted by Crippen LogP contribution is -2.43. The van der Waals surface area contributed by atoms with E-state index in [2.05, 4.69) is 34.2 Å². The molecule has 0 saturated carbocycles. The average molecular weight is 577 g/mol. The summed E-state index contributed by atoms with van der Waals surface area (Å²) in [5, 5.41) is 3.50. The van der Waals surface area contributed by atoms with Gasteiger partial charge in [0.15, 0.2) is 5.96 Å². The second kappa shape index (κ2) is 15.7. The van der Waals surface area contributed by atoms with Gasteiger partial charge in [0.2, 0.25) is 0 Å². The van der Waals surface area contributed by atoms with Crippen molar-refractivity contribution >= 4 is 29.9 Å². The van der Waals surface area contributed by atoms with Gasteiger partial charge in [-0.1, -0.05) is 12.1 Å². The molecule has 188 valence electrons. The smallest absolute Gasteiger partial charge is 0.193 e. The highest BCUT2D eigenvalue weighted by Crippen LogP contribution is 2.25. The van der Waals surface area contributed by atoms with Crippen molar-refractivity contribution < 1.29 is 18.9 Å². The van der Waals surface area contributed by atoms with E-state index in [1.165, 1.54) is 5.56 Å². The summed E-state index contributed by atoms with van der Waals surface area (Å²) in [7, 11) is 3.41. The third-order valence-electron chi connectivity index (χ3n) is 6.11. The molecule has 1 aromatic rings. The number of likely N-dealkylation sites (tertiary alicyclic amines) is 1. The number of nitrogens with zero attached hydrogens (tertiary/aromatic N) is 3. The Labute approximate surface area is 216 Å². The lowest BCUT2D eigenvalue weighted by atomic mass is 10.0. The molecule has 2 heterocycles. The van der Waals surface area contributed by atoms with E-state index in [9.17, 15) is 0 Å². The summed E-state index contributed by atoms with van der Waals surface area (Å²) in [4.78, 5) is 9.95. The largest absolute Gasteiger partial charge is 0.497 e. The monoisotopic (exact) mass is 576 g/mol. The predicted molar refractivity (Wildman–Crippen MR) is 142 cm³/mol. The Kier molecular flexibility index (Phi) is 13.4. The Balaban J connectivity index is 0.00000385. The molecule has 1 N–H and O–H groups in total. The van der Waals surface area contributed by atoms with Crippen molar-refractivity contribution in [2.45, 2.75) is 19.4 Å². The lowest BCUT2D eigenvalue weighted by Gasteiger charge is -2.34. The van der Waals surface area contributed by atoms with Gasteiger partial charge in [0, 0.05) is 45.8 Å².